The molecule has 3 heterocycles. The van der Waals surface area contributed by atoms with Crippen LogP contribution in [0.4, 0.5) is 0 Å². The molecule has 1 amide bonds. The number of pyridine rings is 1. The molecule has 0 aliphatic heterocycles. The van der Waals surface area contributed by atoms with E-state index in [0.29, 0.717) is 17.8 Å². The molecule has 0 saturated carbocycles. The number of carbonyl (C=O) groups is 1. The molecule has 28 heavy (non-hydrogen) atoms. The standard InChI is InChI=1S/C21H19N5OS/c1-15-19(28-21(25-15)18-9-5-6-11-22-18)20(27)23-12-10-16-13-24-26(14-16)17-7-3-2-4-8-17/h2-9,11,13-14H,10,12H2,1H3,(H,23,27). The van der Waals surface area contributed by atoms with Gasteiger partial charge in [-0.05, 0) is 43.2 Å². The minimum Gasteiger partial charge on any atom is -0.351 e. The van der Waals surface area contributed by atoms with Gasteiger partial charge in [0.15, 0.2) is 0 Å². The molecule has 0 aliphatic carbocycles. The van der Waals surface area contributed by atoms with E-state index in [2.05, 4.69) is 20.4 Å². The Morgan fingerprint density at radius 3 is 2.75 bits per heavy atom. The number of nitrogens with zero attached hydrogens (tertiary/aromatic N) is 4. The lowest BCUT2D eigenvalue weighted by molar-refractivity contribution is 0.0957. The number of para-hydroxylation sites is 1. The van der Waals surface area contributed by atoms with Crippen molar-refractivity contribution in [2.24, 2.45) is 0 Å². The molecule has 6 nitrogen and oxygen atoms in total. The number of aromatic nitrogens is 4. The molecule has 1 N–H and O–H groups in total. The fourth-order valence-corrected chi connectivity index (χ4v) is 3.78. The lowest BCUT2D eigenvalue weighted by atomic mass is 10.2. The van der Waals surface area contributed by atoms with E-state index in [0.717, 1.165) is 27.6 Å². The molecule has 4 rings (SSSR count). The van der Waals surface area contributed by atoms with Crippen LogP contribution in [-0.4, -0.2) is 32.2 Å². The largest absolute Gasteiger partial charge is 0.351 e. The van der Waals surface area contributed by atoms with Gasteiger partial charge in [0.05, 0.1) is 23.3 Å². The van der Waals surface area contributed by atoms with Gasteiger partial charge in [-0.1, -0.05) is 24.3 Å². The first kappa shape index (κ1) is 18.1. The van der Waals surface area contributed by atoms with Crippen LogP contribution in [0, 0.1) is 6.92 Å². The Balaban J connectivity index is 1.36. The summed E-state index contributed by atoms with van der Waals surface area (Å²) in [6, 6.07) is 15.6. The Morgan fingerprint density at radius 1 is 1.14 bits per heavy atom. The van der Waals surface area contributed by atoms with Crippen LogP contribution < -0.4 is 5.32 Å². The summed E-state index contributed by atoms with van der Waals surface area (Å²) in [7, 11) is 0. The van der Waals surface area contributed by atoms with Crippen molar-refractivity contribution in [1.29, 1.82) is 0 Å². The number of benzene rings is 1. The van der Waals surface area contributed by atoms with E-state index in [-0.39, 0.29) is 5.91 Å². The third-order valence-corrected chi connectivity index (χ3v) is 5.42. The number of hydrogen-bond acceptors (Lipinski definition) is 5. The molecule has 0 aliphatic rings. The lowest BCUT2D eigenvalue weighted by Crippen LogP contribution is -2.25. The van der Waals surface area contributed by atoms with E-state index < -0.39 is 0 Å². The van der Waals surface area contributed by atoms with Gasteiger partial charge in [0.25, 0.3) is 5.91 Å². The first-order valence-corrected chi connectivity index (χ1v) is 9.78. The molecule has 0 unspecified atom stereocenters. The van der Waals surface area contributed by atoms with E-state index in [1.54, 1.807) is 6.20 Å². The van der Waals surface area contributed by atoms with Crippen molar-refractivity contribution in [2.45, 2.75) is 13.3 Å². The van der Waals surface area contributed by atoms with Crippen LogP contribution in [0.25, 0.3) is 16.4 Å². The van der Waals surface area contributed by atoms with Gasteiger partial charge < -0.3 is 5.32 Å². The Kier molecular flexibility index (Phi) is 5.25. The van der Waals surface area contributed by atoms with Crippen LogP contribution >= 0.6 is 11.3 Å². The van der Waals surface area contributed by atoms with Gasteiger partial charge in [0, 0.05) is 18.9 Å². The van der Waals surface area contributed by atoms with E-state index in [1.165, 1.54) is 11.3 Å². The normalized spacial score (nSPS) is 10.8. The maximum Gasteiger partial charge on any atom is 0.263 e. The van der Waals surface area contributed by atoms with Gasteiger partial charge in [0.2, 0.25) is 0 Å². The number of rotatable bonds is 6. The van der Waals surface area contributed by atoms with Crippen molar-refractivity contribution in [3.8, 4) is 16.4 Å². The Morgan fingerprint density at radius 2 is 1.96 bits per heavy atom. The van der Waals surface area contributed by atoms with Gasteiger partial charge in [-0.2, -0.15) is 5.10 Å². The minimum absolute atomic E-state index is 0.104. The molecule has 140 valence electrons. The maximum atomic E-state index is 12.5. The molecule has 7 heteroatoms. The third-order valence-electron chi connectivity index (χ3n) is 4.24. The van der Waals surface area contributed by atoms with Crippen LogP contribution in [-0.2, 0) is 6.42 Å². The van der Waals surface area contributed by atoms with Crippen molar-refractivity contribution >= 4 is 17.2 Å². The SMILES string of the molecule is Cc1nc(-c2ccccn2)sc1C(=O)NCCc1cnn(-c2ccccc2)c1. The first-order chi connectivity index (χ1) is 13.7. The second-order valence-electron chi connectivity index (χ2n) is 6.28. The summed E-state index contributed by atoms with van der Waals surface area (Å²) in [5, 5.41) is 8.12. The van der Waals surface area contributed by atoms with Gasteiger partial charge in [-0.3, -0.25) is 9.78 Å². The molecule has 4 aromatic rings. The summed E-state index contributed by atoms with van der Waals surface area (Å²) >= 11 is 1.37. The average molecular weight is 389 g/mol. The van der Waals surface area contributed by atoms with Gasteiger partial charge in [0.1, 0.15) is 9.88 Å². The molecule has 3 aromatic heterocycles. The predicted octanol–water partition coefficient (Wildman–Crippen LogP) is 3.67. The number of nitrogens with one attached hydrogen (secondary N) is 1. The Labute approximate surface area is 166 Å². The Hall–Kier alpha value is -3.32. The van der Waals surface area contributed by atoms with Gasteiger partial charge in [-0.25, -0.2) is 9.67 Å². The highest BCUT2D eigenvalue weighted by Crippen LogP contribution is 2.26. The molecule has 0 radical (unpaired) electrons. The monoisotopic (exact) mass is 389 g/mol. The summed E-state index contributed by atoms with van der Waals surface area (Å²) < 4.78 is 1.84. The highest BCUT2D eigenvalue weighted by molar-refractivity contribution is 7.17. The quantitative estimate of drug-likeness (QED) is 0.546. The summed E-state index contributed by atoms with van der Waals surface area (Å²) in [6.07, 6.45) is 6.25. The van der Waals surface area contributed by atoms with Crippen LogP contribution in [0.2, 0.25) is 0 Å². The van der Waals surface area contributed by atoms with Crippen molar-refractivity contribution in [3.63, 3.8) is 0 Å². The molecule has 0 atom stereocenters. The van der Waals surface area contributed by atoms with Crippen LogP contribution in [0.1, 0.15) is 20.9 Å². The van der Waals surface area contributed by atoms with Gasteiger partial charge in [-0.15, -0.1) is 11.3 Å². The smallest absolute Gasteiger partial charge is 0.263 e. The van der Waals surface area contributed by atoms with Crippen molar-refractivity contribution in [2.75, 3.05) is 6.54 Å². The van der Waals surface area contributed by atoms with E-state index in [1.807, 2.05) is 72.5 Å². The summed E-state index contributed by atoms with van der Waals surface area (Å²) in [5.74, 6) is -0.104. The second kappa shape index (κ2) is 8.14. The van der Waals surface area contributed by atoms with Crippen molar-refractivity contribution in [1.82, 2.24) is 25.1 Å². The second-order valence-corrected chi connectivity index (χ2v) is 7.28. The topological polar surface area (TPSA) is 72.7 Å². The Bertz CT molecular complexity index is 1070. The fourth-order valence-electron chi connectivity index (χ4n) is 2.82. The third kappa shape index (κ3) is 3.99. The predicted molar refractivity (Wildman–Crippen MR) is 110 cm³/mol. The fraction of sp³-hybridized carbons (Fsp3) is 0.143. The first-order valence-electron chi connectivity index (χ1n) is 8.97. The molecule has 0 spiro atoms. The highest BCUT2D eigenvalue weighted by atomic mass is 32.1. The zero-order valence-electron chi connectivity index (χ0n) is 15.4. The molecule has 0 bridgehead atoms. The molecule has 0 fully saturated rings. The molecule has 1 aromatic carbocycles. The minimum atomic E-state index is -0.104. The zero-order chi connectivity index (χ0) is 19.3. The van der Waals surface area contributed by atoms with E-state index in [4.69, 9.17) is 0 Å². The van der Waals surface area contributed by atoms with Crippen LogP contribution in [0.15, 0.2) is 67.1 Å². The number of amides is 1. The lowest BCUT2D eigenvalue weighted by Gasteiger charge is -2.03. The van der Waals surface area contributed by atoms with Crippen LogP contribution in [0.5, 0.6) is 0 Å². The summed E-state index contributed by atoms with van der Waals surface area (Å²) in [6.45, 7) is 2.39. The zero-order valence-corrected chi connectivity index (χ0v) is 16.2. The summed E-state index contributed by atoms with van der Waals surface area (Å²) in [5.41, 5.74) is 3.59. The maximum absolute atomic E-state index is 12.5. The number of thiazole rings is 1. The highest BCUT2D eigenvalue weighted by Gasteiger charge is 2.16. The molecule has 0 saturated heterocycles. The van der Waals surface area contributed by atoms with E-state index in [9.17, 15) is 4.79 Å². The van der Waals surface area contributed by atoms with Crippen molar-refractivity contribution < 1.29 is 4.79 Å². The number of aryl methyl sites for hydroxylation is 1. The van der Waals surface area contributed by atoms with Crippen molar-refractivity contribution in [3.05, 3.63) is 83.3 Å². The van der Waals surface area contributed by atoms with Gasteiger partial charge >= 0.3 is 0 Å². The average Bonchev–Trinajstić information content (AvgIpc) is 3.36. The van der Waals surface area contributed by atoms with Crippen LogP contribution in [0.3, 0.4) is 0 Å². The summed E-state index contributed by atoms with van der Waals surface area (Å²) in [4.78, 5) is 22.0. The number of hydrogen-bond donors (Lipinski definition) is 1. The molecular formula is C21H19N5OS. The number of carbonyl (C=O) groups excluding carboxylic acids is 1. The van der Waals surface area contributed by atoms with E-state index >= 15 is 0 Å². The molecular weight excluding hydrogens is 370 g/mol.